The maximum absolute atomic E-state index is 14.1. The molecular formula is C17H15F4N5O. The maximum atomic E-state index is 14.1. The lowest BCUT2D eigenvalue weighted by molar-refractivity contribution is -0.140. The SMILES string of the molecule is C[C@H](Cc1nc(-c2ccnc3[nH]ccc23)ncc1F)C(=O)NCC(F)(F)F. The van der Waals surface area contributed by atoms with E-state index < -0.39 is 30.4 Å². The average molecular weight is 381 g/mol. The van der Waals surface area contributed by atoms with E-state index in [1.807, 2.05) is 0 Å². The largest absolute Gasteiger partial charge is 0.405 e. The molecule has 0 saturated carbocycles. The monoisotopic (exact) mass is 381 g/mol. The molecule has 10 heteroatoms. The van der Waals surface area contributed by atoms with E-state index in [0.29, 0.717) is 11.2 Å². The minimum Gasteiger partial charge on any atom is -0.347 e. The van der Waals surface area contributed by atoms with E-state index in [4.69, 9.17) is 0 Å². The molecule has 0 radical (unpaired) electrons. The summed E-state index contributed by atoms with van der Waals surface area (Å²) in [4.78, 5) is 27.1. The number of amides is 1. The van der Waals surface area contributed by atoms with E-state index in [1.54, 1.807) is 29.8 Å². The summed E-state index contributed by atoms with van der Waals surface area (Å²) in [6.45, 7) is -0.0279. The number of hydrogen-bond donors (Lipinski definition) is 2. The number of carbonyl (C=O) groups excluding carboxylic acids is 1. The van der Waals surface area contributed by atoms with Crippen LogP contribution in [0, 0.1) is 11.7 Å². The van der Waals surface area contributed by atoms with Gasteiger partial charge in [0, 0.05) is 35.7 Å². The summed E-state index contributed by atoms with van der Waals surface area (Å²) in [5, 5.41) is 2.53. The molecule has 3 aromatic heterocycles. The molecule has 2 N–H and O–H groups in total. The molecule has 3 rings (SSSR count). The summed E-state index contributed by atoms with van der Waals surface area (Å²) in [5.74, 6) is -2.21. The Morgan fingerprint density at radius 1 is 1.30 bits per heavy atom. The molecule has 0 aliphatic carbocycles. The lowest BCUT2D eigenvalue weighted by atomic mass is 10.0. The molecule has 0 aromatic carbocycles. The van der Waals surface area contributed by atoms with Crippen LogP contribution in [0.15, 0.2) is 30.7 Å². The van der Waals surface area contributed by atoms with Gasteiger partial charge in [0.15, 0.2) is 11.6 Å². The van der Waals surface area contributed by atoms with Crippen LogP contribution < -0.4 is 5.32 Å². The smallest absolute Gasteiger partial charge is 0.347 e. The Morgan fingerprint density at radius 3 is 2.81 bits per heavy atom. The summed E-state index contributed by atoms with van der Waals surface area (Å²) >= 11 is 0. The van der Waals surface area contributed by atoms with Gasteiger partial charge in [-0.25, -0.2) is 19.3 Å². The molecular weight excluding hydrogens is 366 g/mol. The van der Waals surface area contributed by atoms with Crippen molar-refractivity contribution in [3.8, 4) is 11.4 Å². The molecule has 0 aliphatic rings. The topological polar surface area (TPSA) is 83.6 Å². The second kappa shape index (κ2) is 7.29. The van der Waals surface area contributed by atoms with Crippen LogP contribution in [0.3, 0.4) is 0 Å². The lowest BCUT2D eigenvalue weighted by Gasteiger charge is -2.14. The van der Waals surface area contributed by atoms with Gasteiger partial charge >= 0.3 is 6.18 Å². The van der Waals surface area contributed by atoms with Crippen molar-refractivity contribution >= 4 is 16.9 Å². The van der Waals surface area contributed by atoms with Crippen LogP contribution in [-0.2, 0) is 11.2 Å². The fourth-order valence-corrected chi connectivity index (χ4v) is 2.58. The molecule has 6 nitrogen and oxygen atoms in total. The molecule has 3 aromatic rings. The van der Waals surface area contributed by atoms with Crippen molar-refractivity contribution in [1.82, 2.24) is 25.3 Å². The van der Waals surface area contributed by atoms with Crippen LogP contribution in [-0.4, -0.2) is 38.6 Å². The highest BCUT2D eigenvalue weighted by Gasteiger charge is 2.29. The minimum absolute atomic E-state index is 0.0462. The summed E-state index contributed by atoms with van der Waals surface area (Å²) in [6.07, 6.45) is -0.443. The van der Waals surface area contributed by atoms with Gasteiger partial charge in [-0.2, -0.15) is 13.2 Å². The number of carbonyl (C=O) groups is 1. The third-order valence-corrected chi connectivity index (χ3v) is 3.93. The Balaban J connectivity index is 1.82. The van der Waals surface area contributed by atoms with E-state index in [9.17, 15) is 22.4 Å². The number of alkyl halides is 3. The predicted molar refractivity (Wildman–Crippen MR) is 89.0 cm³/mol. The first kappa shape index (κ1) is 18.7. The molecule has 142 valence electrons. The van der Waals surface area contributed by atoms with E-state index in [1.165, 1.54) is 6.92 Å². The molecule has 0 saturated heterocycles. The van der Waals surface area contributed by atoms with Gasteiger partial charge in [0.25, 0.3) is 0 Å². The normalized spacial score (nSPS) is 12.9. The molecule has 1 amide bonds. The zero-order valence-corrected chi connectivity index (χ0v) is 14.1. The molecule has 3 heterocycles. The summed E-state index contributed by atoms with van der Waals surface area (Å²) in [6, 6.07) is 3.45. The molecule has 0 spiro atoms. The Labute approximate surface area is 151 Å². The Hall–Kier alpha value is -3.04. The van der Waals surface area contributed by atoms with Crippen LogP contribution in [0.2, 0.25) is 0 Å². The number of halogens is 4. The van der Waals surface area contributed by atoms with Crippen molar-refractivity contribution in [2.45, 2.75) is 19.5 Å². The fourth-order valence-electron chi connectivity index (χ4n) is 2.58. The first-order chi connectivity index (χ1) is 12.7. The number of aromatic amines is 1. The van der Waals surface area contributed by atoms with Crippen LogP contribution in [0.5, 0.6) is 0 Å². The highest BCUT2D eigenvalue weighted by molar-refractivity contribution is 5.90. The van der Waals surface area contributed by atoms with Crippen LogP contribution in [0.1, 0.15) is 12.6 Å². The van der Waals surface area contributed by atoms with E-state index in [0.717, 1.165) is 11.6 Å². The van der Waals surface area contributed by atoms with Crippen molar-refractivity contribution in [3.63, 3.8) is 0 Å². The average Bonchev–Trinajstić information content (AvgIpc) is 3.09. The number of pyridine rings is 1. The third-order valence-electron chi connectivity index (χ3n) is 3.93. The molecule has 1 atom stereocenters. The van der Waals surface area contributed by atoms with E-state index in [2.05, 4.69) is 19.9 Å². The maximum Gasteiger partial charge on any atom is 0.405 e. The number of aromatic nitrogens is 4. The van der Waals surface area contributed by atoms with Crippen LogP contribution in [0.25, 0.3) is 22.4 Å². The lowest BCUT2D eigenvalue weighted by Crippen LogP contribution is -2.37. The Morgan fingerprint density at radius 2 is 2.07 bits per heavy atom. The van der Waals surface area contributed by atoms with Crippen molar-refractivity contribution in [3.05, 3.63) is 42.2 Å². The zero-order valence-electron chi connectivity index (χ0n) is 14.1. The molecule has 27 heavy (non-hydrogen) atoms. The van der Waals surface area contributed by atoms with Gasteiger partial charge in [0.2, 0.25) is 5.91 Å². The Kier molecular flexibility index (Phi) is 5.06. The van der Waals surface area contributed by atoms with Crippen LogP contribution in [0.4, 0.5) is 17.6 Å². The molecule has 0 unspecified atom stereocenters. The first-order valence-corrected chi connectivity index (χ1v) is 8.03. The fraction of sp³-hybridized carbons (Fsp3) is 0.294. The molecule has 0 bridgehead atoms. The van der Waals surface area contributed by atoms with Gasteiger partial charge in [-0.1, -0.05) is 6.92 Å². The van der Waals surface area contributed by atoms with Crippen molar-refractivity contribution < 1.29 is 22.4 Å². The van der Waals surface area contributed by atoms with E-state index in [-0.39, 0.29) is 17.9 Å². The van der Waals surface area contributed by atoms with Gasteiger partial charge in [0.1, 0.15) is 12.2 Å². The highest BCUT2D eigenvalue weighted by Crippen LogP contribution is 2.25. The second-order valence-electron chi connectivity index (χ2n) is 6.02. The quantitative estimate of drug-likeness (QED) is 0.666. The van der Waals surface area contributed by atoms with Crippen molar-refractivity contribution in [2.24, 2.45) is 5.92 Å². The predicted octanol–water partition coefficient (Wildman–Crippen LogP) is 3.02. The number of H-pyrrole nitrogens is 1. The summed E-state index contributed by atoms with van der Waals surface area (Å²) < 4.78 is 50.7. The number of fused-ring (bicyclic) bond motifs is 1. The van der Waals surface area contributed by atoms with Crippen molar-refractivity contribution in [2.75, 3.05) is 6.54 Å². The highest BCUT2D eigenvalue weighted by atomic mass is 19.4. The van der Waals surface area contributed by atoms with Gasteiger partial charge in [-0.3, -0.25) is 4.79 Å². The van der Waals surface area contributed by atoms with E-state index >= 15 is 0 Å². The van der Waals surface area contributed by atoms with Crippen molar-refractivity contribution in [1.29, 1.82) is 0 Å². The number of nitrogens with one attached hydrogen (secondary N) is 2. The number of rotatable bonds is 5. The van der Waals surface area contributed by atoms with Crippen LogP contribution >= 0.6 is 0 Å². The number of hydrogen-bond acceptors (Lipinski definition) is 4. The third kappa shape index (κ3) is 4.39. The van der Waals surface area contributed by atoms with Gasteiger partial charge in [-0.05, 0) is 12.1 Å². The molecule has 0 fully saturated rings. The zero-order chi connectivity index (χ0) is 19.6. The minimum atomic E-state index is -4.51. The summed E-state index contributed by atoms with van der Waals surface area (Å²) in [7, 11) is 0. The van der Waals surface area contributed by atoms with Gasteiger partial charge in [0.05, 0.1) is 11.9 Å². The second-order valence-corrected chi connectivity index (χ2v) is 6.02. The first-order valence-electron chi connectivity index (χ1n) is 8.03. The van der Waals surface area contributed by atoms with Gasteiger partial charge < -0.3 is 10.3 Å². The standard InChI is InChI=1S/C17H15F4N5O/c1-9(16(27)25-8-17(19,20)21)6-13-12(18)7-24-15(26-13)11-3-5-23-14-10(11)2-4-22-14/h2-5,7,9H,6,8H2,1H3,(H,22,23)(H,25,27)/t9-/m1/s1. The van der Waals surface area contributed by atoms with Gasteiger partial charge in [-0.15, -0.1) is 0 Å². The number of nitrogens with zero attached hydrogens (tertiary/aromatic N) is 3. The Bertz CT molecular complexity index is 969. The molecule has 0 aliphatic heterocycles. The summed E-state index contributed by atoms with van der Waals surface area (Å²) in [5.41, 5.74) is 1.19.